The van der Waals surface area contributed by atoms with E-state index in [1.165, 1.54) is 24.5 Å². The number of fused-ring (bicyclic) bond motifs is 1. The van der Waals surface area contributed by atoms with E-state index in [4.69, 9.17) is 0 Å². The summed E-state index contributed by atoms with van der Waals surface area (Å²) in [5.41, 5.74) is 1.31. The Bertz CT molecular complexity index is 263. The van der Waals surface area contributed by atoms with Crippen LogP contribution in [0, 0.1) is 12.8 Å². The van der Waals surface area contributed by atoms with E-state index in [0.717, 1.165) is 12.3 Å². The quantitative estimate of drug-likeness (QED) is 0.600. The largest absolute Gasteiger partial charge is 0.332 e. The van der Waals surface area contributed by atoms with Gasteiger partial charge in [-0.1, -0.05) is 20.8 Å². The summed E-state index contributed by atoms with van der Waals surface area (Å²) in [6.07, 6.45) is 4.45. The molecule has 1 unspecified atom stereocenters. The molecule has 0 spiro atoms. The average molecular weight is 180 g/mol. The third-order valence-corrected chi connectivity index (χ3v) is 2.51. The molecule has 2 heteroatoms. The molecule has 0 fully saturated rings. The van der Waals surface area contributed by atoms with Crippen LogP contribution in [-0.2, 0) is 13.0 Å². The van der Waals surface area contributed by atoms with Crippen molar-refractivity contribution in [1.29, 1.82) is 0 Å². The van der Waals surface area contributed by atoms with E-state index in [1.54, 1.807) is 0 Å². The Labute approximate surface area is 81.0 Å². The molecule has 0 amide bonds. The number of hydrogen-bond acceptors (Lipinski definition) is 1. The van der Waals surface area contributed by atoms with Crippen LogP contribution >= 0.6 is 0 Å². The molecule has 74 valence electrons. The second-order valence-electron chi connectivity index (χ2n) is 3.57. The highest BCUT2D eigenvalue weighted by Crippen LogP contribution is 2.19. The molecule has 1 atom stereocenters. The van der Waals surface area contributed by atoms with Crippen LogP contribution in [-0.4, -0.2) is 9.55 Å². The van der Waals surface area contributed by atoms with Crippen LogP contribution in [0.15, 0.2) is 6.20 Å². The summed E-state index contributed by atoms with van der Waals surface area (Å²) in [6, 6.07) is 0. The molecule has 1 aliphatic heterocycles. The fourth-order valence-electron chi connectivity index (χ4n) is 1.74. The zero-order chi connectivity index (χ0) is 9.84. The van der Waals surface area contributed by atoms with E-state index in [1.807, 2.05) is 20.0 Å². The maximum atomic E-state index is 4.37. The number of rotatable bonds is 0. The van der Waals surface area contributed by atoms with Crippen LogP contribution in [0.1, 0.15) is 38.7 Å². The number of imidazole rings is 1. The maximum absolute atomic E-state index is 4.37. The molecule has 13 heavy (non-hydrogen) atoms. The van der Waals surface area contributed by atoms with Gasteiger partial charge in [-0.25, -0.2) is 4.98 Å². The normalized spacial score (nSPS) is 20.2. The highest BCUT2D eigenvalue weighted by atomic mass is 15.1. The summed E-state index contributed by atoms with van der Waals surface area (Å²) in [5.74, 6) is 2.10. The van der Waals surface area contributed by atoms with E-state index < -0.39 is 0 Å². The number of hydrogen-bond donors (Lipinski definition) is 0. The van der Waals surface area contributed by atoms with Crippen molar-refractivity contribution in [1.82, 2.24) is 9.55 Å². The Morgan fingerprint density at radius 1 is 1.46 bits per heavy atom. The Kier molecular flexibility index (Phi) is 3.52. The van der Waals surface area contributed by atoms with Crippen molar-refractivity contribution in [3.8, 4) is 0 Å². The molecule has 2 heterocycles. The van der Waals surface area contributed by atoms with Gasteiger partial charge in [0.2, 0.25) is 0 Å². The van der Waals surface area contributed by atoms with Gasteiger partial charge < -0.3 is 4.57 Å². The first-order valence-corrected chi connectivity index (χ1v) is 5.28. The standard InChI is InChI=1S/C9H14N2.C2H6/c1-7-3-4-11-8(2)6-10-9(11)5-7;1-2/h6-7H,3-5H2,1-2H3;1-2H3. The van der Waals surface area contributed by atoms with Crippen LogP contribution in [0.4, 0.5) is 0 Å². The Hall–Kier alpha value is -0.790. The highest BCUT2D eigenvalue weighted by Gasteiger charge is 2.16. The minimum atomic E-state index is 0.823. The molecule has 1 aromatic rings. The van der Waals surface area contributed by atoms with Gasteiger partial charge in [0, 0.05) is 24.9 Å². The van der Waals surface area contributed by atoms with Gasteiger partial charge in [-0.15, -0.1) is 0 Å². The molecule has 0 aromatic carbocycles. The van der Waals surface area contributed by atoms with E-state index in [-0.39, 0.29) is 0 Å². The Morgan fingerprint density at radius 3 is 2.85 bits per heavy atom. The Balaban J connectivity index is 0.000000396. The predicted molar refractivity (Wildman–Crippen MR) is 55.8 cm³/mol. The fourth-order valence-corrected chi connectivity index (χ4v) is 1.74. The number of aryl methyl sites for hydroxylation is 1. The third kappa shape index (κ3) is 2.11. The van der Waals surface area contributed by atoms with Gasteiger partial charge in [0.1, 0.15) is 5.82 Å². The molecule has 0 N–H and O–H groups in total. The van der Waals surface area contributed by atoms with Crippen LogP contribution < -0.4 is 0 Å². The predicted octanol–water partition coefficient (Wildman–Crippen LogP) is 2.80. The lowest BCUT2D eigenvalue weighted by atomic mass is 10.0. The minimum Gasteiger partial charge on any atom is -0.332 e. The molecule has 0 aliphatic carbocycles. The van der Waals surface area contributed by atoms with Gasteiger partial charge in [0.05, 0.1) is 0 Å². The molecular formula is C11H20N2. The van der Waals surface area contributed by atoms with Crippen molar-refractivity contribution in [3.63, 3.8) is 0 Å². The molecule has 2 rings (SSSR count). The van der Waals surface area contributed by atoms with Crippen molar-refractivity contribution in [2.24, 2.45) is 5.92 Å². The second kappa shape index (κ2) is 4.45. The number of nitrogens with zero attached hydrogens (tertiary/aromatic N) is 2. The molecule has 0 saturated heterocycles. The Morgan fingerprint density at radius 2 is 2.15 bits per heavy atom. The molecule has 1 aliphatic rings. The van der Waals surface area contributed by atoms with E-state index >= 15 is 0 Å². The van der Waals surface area contributed by atoms with E-state index in [0.29, 0.717) is 0 Å². The third-order valence-electron chi connectivity index (χ3n) is 2.51. The topological polar surface area (TPSA) is 17.8 Å². The van der Waals surface area contributed by atoms with Gasteiger partial charge in [0.15, 0.2) is 0 Å². The van der Waals surface area contributed by atoms with Crippen molar-refractivity contribution < 1.29 is 0 Å². The van der Waals surface area contributed by atoms with Crippen molar-refractivity contribution in [3.05, 3.63) is 17.7 Å². The SMILES string of the molecule is CC.Cc1cnc2n1CCC(C)C2. The summed E-state index contributed by atoms with van der Waals surface area (Å²) in [7, 11) is 0. The summed E-state index contributed by atoms with van der Waals surface area (Å²) in [4.78, 5) is 4.37. The summed E-state index contributed by atoms with van der Waals surface area (Å²) >= 11 is 0. The fraction of sp³-hybridized carbons (Fsp3) is 0.727. The smallest absolute Gasteiger partial charge is 0.109 e. The molecule has 0 radical (unpaired) electrons. The second-order valence-corrected chi connectivity index (χ2v) is 3.57. The van der Waals surface area contributed by atoms with Gasteiger partial charge >= 0.3 is 0 Å². The van der Waals surface area contributed by atoms with Crippen molar-refractivity contribution in [2.45, 2.75) is 47.1 Å². The van der Waals surface area contributed by atoms with Gasteiger partial charge in [-0.3, -0.25) is 0 Å². The molecular weight excluding hydrogens is 160 g/mol. The van der Waals surface area contributed by atoms with Crippen LogP contribution in [0.3, 0.4) is 0 Å². The van der Waals surface area contributed by atoms with Crippen molar-refractivity contribution >= 4 is 0 Å². The lowest BCUT2D eigenvalue weighted by Gasteiger charge is -2.20. The molecule has 1 aromatic heterocycles. The van der Waals surface area contributed by atoms with E-state index in [2.05, 4.69) is 23.4 Å². The summed E-state index contributed by atoms with van der Waals surface area (Å²) < 4.78 is 2.33. The first kappa shape index (κ1) is 10.3. The zero-order valence-electron chi connectivity index (χ0n) is 9.17. The van der Waals surface area contributed by atoms with Gasteiger partial charge in [0.25, 0.3) is 0 Å². The molecule has 2 nitrogen and oxygen atoms in total. The molecule has 0 bridgehead atoms. The minimum absolute atomic E-state index is 0.823. The van der Waals surface area contributed by atoms with Gasteiger partial charge in [-0.2, -0.15) is 0 Å². The summed E-state index contributed by atoms with van der Waals surface area (Å²) in [6.45, 7) is 9.60. The zero-order valence-corrected chi connectivity index (χ0v) is 9.17. The van der Waals surface area contributed by atoms with E-state index in [9.17, 15) is 0 Å². The first-order valence-electron chi connectivity index (χ1n) is 5.28. The monoisotopic (exact) mass is 180 g/mol. The van der Waals surface area contributed by atoms with Crippen LogP contribution in [0.2, 0.25) is 0 Å². The molecule has 0 saturated carbocycles. The van der Waals surface area contributed by atoms with Crippen molar-refractivity contribution in [2.75, 3.05) is 0 Å². The highest BCUT2D eigenvalue weighted by molar-refractivity contribution is 5.05. The van der Waals surface area contributed by atoms with Crippen LogP contribution in [0.25, 0.3) is 0 Å². The van der Waals surface area contributed by atoms with Crippen LogP contribution in [0.5, 0.6) is 0 Å². The average Bonchev–Trinajstić information content (AvgIpc) is 2.51. The lowest BCUT2D eigenvalue weighted by Crippen LogP contribution is -2.17. The number of aromatic nitrogens is 2. The van der Waals surface area contributed by atoms with Gasteiger partial charge in [-0.05, 0) is 19.3 Å². The maximum Gasteiger partial charge on any atom is 0.109 e. The lowest BCUT2D eigenvalue weighted by molar-refractivity contribution is 0.405. The first-order chi connectivity index (χ1) is 6.27. The summed E-state index contributed by atoms with van der Waals surface area (Å²) in [5, 5.41) is 0.